The summed E-state index contributed by atoms with van der Waals surface area (Å²) in [6, 6.07) is 4.72. The van der Waals surface area contributed by atoms with Gasteiger partial charge in [0.1, 0.15) is 5.52 Å². The number of rotatable bonds is 4. The lowest BCUT2D eigenvalue weighted by atomic mass is 10.2. The lowest BCUT2D eigenvalue weighted by molar-refractivity contribution is 0.0380. The van der Waals surface area contributed by atoms with Gasteiger partial charge in [0.15, 0.2) is 0 Å². The number of imidazole rings is 1. The minimum absolute atomic E-state index is 0.165. The van der Waals surface area contributed by atoms with Crippen LogP contribution in [0.2, 0.25) is 0 Å². The van der Waals surface area contributed by atoms with E-state index in [1.54, 1.807) is 32.0 Å². The van der Waals surface area contributed by atoms with E-state index in [-0.39, 0.29) is 28.6 Å². The summed E-state index contributed by atoms with van der Waals surface area (Å²) in [6.07, 6.45) is 1.34. The lowest BCUT2D eigenvalue weighted by Gasteiger charge is -2.17. The molecule has 1 saturated heterocycles. The van der Waals surface area contributed by atoms with Crippen LogP contribution in [0.4, 0.5) is 5.95 Å². The number of nitrogen functional groups attached to an aromatic ring is 1. The van der Waals surface area contributed by atoms with Crippen molar-refractivity contribution in [2.75, 3.05) is 18.8 Å². The van der Waals surface area contributed by atoms with Gasteiger partial charge in [0.25, 0.3) is 0 Å². The highest BCUT2D eigenvalue weighted by molar-refractivity contribution is 7.87. The van der Waals surface area contributed by atoms with Crippen molar-refractivity contribution in [3.05, 3.63) is 23.8 Å². The molecule has 0 spiro atoms. The van der Waals surface area contributed by atoms with Crippen molar-refractivity contribution in [3.8, 4) is 0 Å². The molecule has 0 aliphatic carbocycles. The van der Waals surface area contributed by atoms with Crippen LogP contribution in [0.15, 0.2) is 18.2 Å². The molecule has 1 aliphatic heterocycles. The average molecular weight is 352 g/mol. The van der Waals surface area contributed by atoms with Gasteiger partial charge in [-0.1, -0.05) is 6.07 Å². The van der Waals surface area contributed by atoms with E-state index in [0.29, 0.717) is 13.1 Å². The third-order valence-corrected chi connectivity index (χ3v) is 5.72. The van der Waals surface area contributed by atoms with Crippen LogP contribution in [-0.4, -0.2) is 46.8 Å². The Morgan fingerprint density at radius 1 is 1.29 bits per heavy atom. The highest BCUT2D eigenvalue weighted by Gasteiger charge is 2.31. The Morgan fingerprint density at radius 3 is 2.58 bits per heavy atom. The van der Waals surface area contributed by atoms with Crippen LogP contribution in [0.3, 0.4) is 0 Å². The highest BCUT2D eigenvalue weighted by atomic mass is 32.2. The summed E-state index contributed by atoms with van der Waals surface area (Å²) in [5, 5.41) is 0. The number of aromatic nitrogens is 2. The van der Waals surface area contributed by atoms with Gasteiger partial charge < -0.3 is 10.5 Å². The smallest absolute Gasteiger partial charge is 0.340 e. The predicted octanol–water partition coefficient (Wildman–Crippen LogP) is 1.37. The van der Waals surface area contributed by atoms with E-state index in [0.717, 1.165) is 16.8 Å². The van der Waals surface area contributed by atoms with Crippen LogP contribution in [0, 0.1) is 0 Å². The molecule has 9 heteroatoms. The second-order valence-corrected chi connectivity index (χ2v) is 7.75. The molecular weight excluding hydrogens is 332 g/mol. The Morgan fingerprint density at radius 2 is 1.96 bits per heavy atom. The van der Waals surface area contributed by atoms with Gasteiger partial charge in [-0.15, -0.1) is 0 Å². The molecule has 0 bridgehead atoms. The molecule has 0 unspecified atom stereocenters. The Labute approximate surface area is 140 Å². The van der Waals surface area contributed by atoms with Gasteiger partial charge in [0.05, 0.1) is 17.2 Å². The van der Waals surface area contributed by atoms with Crippen LogP contribution < -0.4 is 5.73 Å². The van der Waals surface area contributed by atoms with Crippen molar-refractivity contribution < 1.29 is 17.9 Å². The maximum atomic E-state index is 12.8. The molecule has 1 fully saturated rings. The maximum Gasteiger partial charge on any atom is 0.340 e. The molecule has 24 heavy (non-hydrogen) atoms. The topological polar surface area (TPSA) is 108 Å². The van der Waals surface area contributed by atoms with Gasteiger partial charge in [0, 0.05) is 13.1 Å². The van der Waals surface area contributed by atoms with E-state index in [2.05, 4.69) is 4.98 Å². The molecule has 1 aromatic heterocycles. The van der Waals surface area contributed by atoms with Gasteiger partial charge >= 0.3 is 16.2 Å². The monoisotopic (exact) mass is 352 g/mol. The molecule has 3 rings (SSSR count). The molecule has 2 N–H and O–H groups in total. The standard InChI is InChI=1S/C15H20N4O4S/c1-10(2)23-14(20)11-6-5-7-12-13(11)17-15(16)19(12)24(21,22)18-8-3-4-9-18/h5-7,10H,3-4,8-9H2,1-2H3,(H2,16,17). The molecule has 1 aliphatic rings. The SMILES string of the molecule is CC(C)OC(=O)c1cccc2c1nc(N)n2S(=O)(=O)N1CCCC1. The summed E-state index contributed by atoms with van der Waals surface area (Å²) >= 11 is 0. The summed E-state index contributed by atoms with van der Waals surface area (Å²) in [5.74, 6) is -0.722. The Kier molecular flexibility index (Phi) is 4.22. The van der Waals surface area contributed by atoms with Crippen LogP contribution in [0.25, 0.3) is 11.0 Å². The zero-order valence-corrected chi connectivity index (χ0v) is 14.4. The second-order valence-electron chi connectivity index (χ2n) is 5.98. The number of esters is 1. The van der Waals surface area contributed by atoms with Gasteiger partial charge in [0.2, 0.25) is 5.95 Å². The number of ether oxygens (including phenoxy) is 1. The van der Waals surface area contributed by atoms with Crippen molar-refractivity contribution in [3.63, 3.8) is 0 Å². The fourth-order valence-electron chi connectivity index (χ4n) is 2.82. The van der Waals surface area contributed by atoms with Gasteiger partial charge in [-0.25, -0.2) is 9.78 Å². The zero-order chi connectivity index (χ0) is 17.5. The third-order valence-electron chi connectivity index (χ3n) is 3.85. The van der Waals surface area contributed by atoms with Crippen LogP contribution in [0.5, 0.6) is 0 Å². The van der Waals surface area contributed by atoms with Crippen molar-refractivity contribution >= 4 is 33.2 Å². The number of para-hydroxylation sites is 1. The Balaban J connectivity index is 2.14. The number of benzene rings is 1. The van der Waals surface area contributed by atoms with Gasteiger partial charge in [-0.05, 0) is 38.8 Å². The van der Waals surface area contributed by atoms with Gasteiger partial charge in [-0.3, -0.25) is 0 Å². The summed E-state index contributed by atoms with van der Waals surface area (Å²) in [6.45, 7) is 4.39. The van der Waals surface area contributed by atoms with E-state index in [1.807, 2.05) is 0 Å². The summed E-state index contributed by atoms with van der Waals surface area (Å²) in [7, 11) is -3.81. The largest absolute Gasteiger partial charge is 0.459 e. The molecule has 0 saturated carbocycles. The number of carbonyl (C=O) groups excluding carboxylic acids is 1. The highest BCUT2D eigenvalue weighted by Crippen LogP contribution is 2.27. The summed E-state index contributed by atoms with van der Waals surface area (Å²) in [5.41, 5.74) is 6.57. The van der Waals surface area contributed by atoms with Crippen molar-refractivity contribution in [2.45, 2.75) is 32.8 Å². The first-order valence-electron chi connectivity index (χ1n) is 7.81. The van der Waals surface area contributed by atoms with Crippen molar-refractivity contribution in [1.82, 2.24) is 13.3 Å². The van der Waals surface area contributed by atoms with E-state index in [4.69, 9.17) is 10.5 Å². The quantitative estimate of drug-likeness (QED) is 0.833. The Hall–Kier alpha value is -2.13. The summed E-state index contributed by atoms with van der Waals surface area (Å²) < 4.78 is 33.3. The number of hydrogen-bond donors (Lipinski definition) is 1. The minimum Gasteiger partial charge on any atom is -0.459 e. The molecule has 8 nitrogen and oxygen atoms in total. The summed E-state index contributed by atoms with van der Waals surface area (Å²) in [4.78, 5) is 16.3. The molecular formula is C15H20N4O4S. The number of nitrogens with two attached hydrogens (primary N) is 1. The third kappa shape index (κ3) is 2.73. The number of carbonyl (C=O) groups is 1. The molecule has 0 atom stereocenters. The first kappa shape index (κ1) is 16.7. The predicted molar refractivity (Wildman–Crippen MR) is 89.8 cm³/mol. The van der Waals surface area contributed by atoms with E-state index >= 15 is 0 Å². The molecule has 130 valence electrons. The molecule has 0 amide bonds. The Bertz CT molecular complexity index is 882. The zero-order valence-electron chi connectivity index (χ0n) is 13.6. The van der Waals surface area contributed by atoms with Crippen molar-refractivity contribution in [1.29, 1.82) is 0 Å². The average Bonchev–Trinajstić information content (AvgIpc) is 3.12. The molecule has 1 aromatic carbocycles. The number of anilines is 1. The molecule has 0 radical (unpaired) electrons. The lowest BCUT2D eigenvalue weighted by Crippen LogP contribution is -2.33. The molecule has 2 aromatic rings. The van der Waals surface area contributed by atoms with E-state index in [9.17, 15) is 13.2 Å². The normalized spacial score (nSPS) is 16.1. The van der Waals surface area contributed by atoms with Crippen LogP contribution in [0.1, 0.15) is 37.0 Å². The second kappa shape index (κ2) is 6.06. The van der Waals surface area contributed by atoms with Gasteiger partial charge in [-0.2, -0.15) is 16.7 Å². The first-order chi connectivity index (χ1) is 11.3. The number of fused-ring (bicyclic) bond motifs is 1. The fraction of sp³-hybridized carbons (Fsp3) is 0.467. The molecule has 2 heterocycles. The number of hydrogen-bond acceptors (Lipinski definition) is 6. The van der Waals surface area contributed by atoms with Crippen LogP contribution in [-0.2, 0) is 14.9 Å². The van der Waals surface area contributed by atoms with Crippen molar-refractivity contribution in [2.24, 2.45) is 0 Å². The first-order valence-corrected chi connectivity index (χ1v) is 9.20. The van der Waals surface area contributed by atoms with E-state index < -0.39 is 16.2 Å². The maximum absolute atomic E-state index is 12.8. The van der Waals surface area contributed by atoms with E-state index in [1.165, 1.54) is 4.31 Å². The van der Waals surface area contributed by atoms with Crippen LogP contribution >= 0.6 is 0 Å². The minimum atomic E-state index is -3.81. The number of nitrogens with zero attached hydrogens (tertiary/aromatic N) is 3. The fourth-order valence-corrected chi connectivity index (χ4v) is 4.44.